The van der Waals surface area contributed by atoms with E-state index in [-0.39, 0.29) is 23.7 Å². The summed E-state index contributed by atoms with van der Waals surface area (Å²) >= 11 is 0. The minimum absolute atomic E-state index is 0.0823. The largest absolute Gasteiger partial charge is 0.347 e. The van der Waals surface area contributed by atoms with Gasteiger partial charge in [-0.15, -0.1) is 0 Å². The normalized spacial score (nSPS) is 25.9. The van der Waals surface area contributed by atoms with Crippen LogP contribution in [0.5, 0.6) is 0 Å². The van der Waals surface area contributed by atoms with Gasteiger partial charge in [0.15, 0.2) is 0 Å². The van der Waals surface area contributed by atoms with Crippen molar-refractivity contribution < 1.29 is 19.2 Å². The predicted molar refractivity (Wildman–Crippen MR) is 75.6 cm³/mol. The van der Waals surface area contributed by atoms with Gasteiger partial charge in [-0.2, -0.15) is 0 Å². The highest BCUT2D eigenvalue weighted by Crippen LogP contribution is 2.31. The van der Waals surface area contributed by atoms with Gasteiger partial charge in [-0.3, -0.25) is 14.5 Å². The second-order valence-electron chi connectivity index (χ2n) is 5.79. The maximum absolute atomic E-state index is 12.1. The number of amides is 2. The summed E-state index contributed by atoms with van der Waals surface area (Å²) in [7, 11) is 0. The monoisotopic (exact) mass is 298 g/mol. The quantitative estimate of drug-likeness (QED) is 0.615. The summed E-state index contributed by atoms with van der Waals surface area (Å²) in [5.74, 6) is -1.26. The summed E-state index contributed by atoms with van der Waals surface area (Å²) < 4.78 is 0. The number of benzene rings is 1. The first kappa shape index (κ1) is 13.2. The average molecular weight is 298 g/mol. The standard InChI is InChI=1S/C16H14N2O4/c19-14(9-17-8-10-5-6-11(17)7-10)22-18-15(20)12-3-1-2-4-13(12)16(18)21/h1-6,10-11H,7-9H2. The predicted octanol–water partition coefficient (Wildman–Crippen LogP) is 1.00. The van der Waals surface area contributed by atoms with E-state index in [1.807, 2.05) is 4.90 Å². The number of carbonyl (C=O) groups is 3. The zero-order valence-electron chi connectivity index (χ0n) is 11.8. The molecular formula is C16H14N2O4. The van der Waals surface area contributed by atoms with E-state index < -0.39 is 17.8 Å². The third-order valence-electron chi connectivity index (χ3n) is 4.37. The molecule has 4 rings (SSSR count). The van der Waals surface area contributed by atoms with Crippen LogP contribution in [0, 0.1) is 5.92 Å². The van der Waals surface area contributed by atoms with Crippen molar-refractivity contribution in [3.05, 3.63) is 47.5 Å². The number of imide groups is 1. The molecule has 1 saturated heterocycles. The minimum Gasteiger partial charge on any atom is -0.328 e. The van der Waals surface area contributed by atoms with Gasteiger partial charge in [0, 0.05) is 12.6 Å². The molecule has 0 saturated carbocycles. The molecular weight excluding hydrogens is 284 g/mol. The summed E-state index contributed by atoms with van der Waals surface area (Å²) in [6.45, 7) is 0.900. The van der Waals surface area contributed by atoms with E-state index in [0.717, 1.165) is 13.0 Å². The van der Waals surface area contributed by atoms with Crippen molar-refractivity contribution >= 4 is 17.8 Å². The van der Waals surface area contributed by atoms with Gasteiger partial charge in [-0.05, 0) is 24.5 Å². The van der Waals surface area contributed by atoms with E-state index in [1.165, 1.54) is 0 Å². The average Bonchev–Trinajstić information content (AvgIpc) is 3.19. The Kier molecular flexibility index (Phi) is 2.87. The molecule has 2 unspecified atom stereocenters. The SMILES string of the molecule is O=C(CN1CC2C=CC1C2)ON1C(=O)c2ccccc2C1=O. The van der Waals surface area contributed by atoms with Crippen molar-refractivity contribution in [2.45, 2.75) is 12.5 Å². The molecule has 3 aliphatic rings. The first-order chi connectivity index (χ1) is 10.6. The van der Waals surface area contributed by atoms with Crippen LogP contribution in [0.3, 0.4) is 0 Å². The van der Waals surface area contributed by atoms with Crippen LogP contribution in [-0.2, 0) is 9.63 Å². The Hall–Kier alpha value is -2.47. The van der Waals surface area contributed by atoms with Gasteiger partial charge in [0.25, 0.3) is 11.8 Å². The third-order valence-corrected chi connectivity index (χ3v) is 4.37. The Bertz CT molecular complexity index is 677. The van der Waals surface area contributed by atoms with Crippen LogP contribution in [0.2, 0.25) is 0 Å². The fourth-order valence-corrected chi connectivity index (χ4v) is 3.32. The van der Waals surface area contributed by atoms with Gasteiger partial charge < -0.3 is 4.84 Å². The van der Waals surface area contributed by atoms with E-state index in [1.54, 1.807) is 24.3 Å². The molecule has 0 spiro atoms. The van der Waals surface area contributed by atoms with Crippen LogP contribution in [0.15, 0.2) is 36.4 Å². The van der Waals surface area contributed by atoms with E-state index in [9.17, 15) is 14.4 Å². The van der Waals surface area contributed by atoms with Crippen LogP contribution >= 0.6 is 0 Å². The van der Waals surface area contributed by atoms with Crippen molar-refractivity contribution in [3.63, 3.8) is 0 Å². The number of likely N-dealkylation sites (tertiary alicyclic amines) is 1. The Morgan fingerprint density at radius 3 is 2.36 bits per heavy atom. The minimum atomic E-state index is -0.588. The molecule has 6 nitrogen and oxygen atoms in total. The van der Waals surface area contributed by atoms with E-state index >= 15 is 0 Å². The Balaban J connectivity index is 1.44. The van der Waals surface area contributed by atoms with Crippen LogP contribution < -0.4 is 0 Å². The Labute approximate surface area is 126 Å². The van der Waals surface area contributed by atoms with E-state index in [2.05, 4.69) is 12.2 Å². The van der Waals surface area contributed by atoms with Gasteiger partial charge in [0.1, 0.15) is 0 Å². The maximum Gasteiger partial charge on any atom is 0.347 e. The smallest absolute Gasteiger partial charge is 0.328 e. The summed E-state index contributed by atoms with van der Waals surface area (Å²) in [5, 5.41) is 0.567. The lowest BCUT2D eigenvalue weighted by Gasteiger charge is -2.23. The Morgan fingerprint density at radius 2 is 1.82 bits per heavy atom. The zero-order valence-corrected chi connectivity index (χ0v) is 11.8. The molecule has 2 amide bonds. The fourth-order valence-electron chi connectivity index (χ4n) is 3.32. The molecule has 1 aromatic carbocycles. The molecule has 112 valence electrons. The van der Waals surface area contributed by atoms with Gasteiger partial charge in [0.2, 0.25) is 0 Å². The van der Waals surface area contributed by atoms with Crippen molar-refractivity contribution in [2.75, 3.05) is 13.1 Å². The summed E-state index contributed by atoms with van der Waals surface area (Å²) in [4.78, 5) is 43.3. The molecule has 1 aliphatic carbocycles. The first-order valence-corrected chi connectivity index (χ1v) is 7.24. The first-order valence-electron chi connectivity index (χ1n) is 7.24. The highest BCUT2D eigenvalue weighted by atomic mass is 16.7. The maximum atomic E-state index is 12.1. The highest BCUT2D eigenvalue weighted by molar-refractivity contribution is 6.20. The number of hydrogen-bond donors (Lipinski definition) is 0. The number of fused-ring (bicyclic) bond motifs is 3. The summed E-state index contributed by atoms with van der Waals surface area (Å²) in [6.07, 6.45) is 5.28. The zero-order chi connectivity index (χ0) is 15.3. The van der Waals surface area contributed by atoms with Crippen LogP contribution in [0.1, 0.15) is 27.1 Å². The van der Waals surface area contributed by atoms with Gasteiger partial charge in [0.05, 0.1) is 17.7 Å². The van der Waals surface area contributed by atoms with Crippen molar-refractivity contribution in [1.29, 1.82) is 0 Å². The second-order valence-corrected chi connectivity index (χ2v) is 5.79. The number of hydroxylamine groups is 2. The molecule has 1 aromatic rings. The van der Waals surface area contributed by atoms with E-state index in [4.69, 9.17) is 4.84 Å². The number of carbonyl (C=O) groups excluding carboxylic acids is 3. The summed E-state index contributed by atoms with van der Waals surface area (Å²) in [6, 6.07) is 6.70. The second kappa shape index (κ2) is 4.78. The van der Waals surface area contributed by atoms with Crippen molar-refractivity contribution in [1.82, 2.24) is 9.96 Å². The molecule has 1 fully saturated rings. The topological polar surface area (TPSA) is 66.9 Å². The molecule has 2 aliphatic heterocycles. The number of nitrogens with zero attached hydrogens (tertiary/aromatic N) is 2. The Morgan fingerprint density at radius 1 is 1.14 bits per heavy atom. The lowest BCUT2D eigenvalue weighted by Crippen LogP contribution is -2.40. The van der Waals surface area contributed by atoms with Gasteiger partial charge in [-0.25, -0.2) is 4.79 Å². The number of hydrogen-bond acceptors (Lipinski definition) is 5. The summed E-state index contributed by atoms with van der Waals surface area (Å²) in [5.41, 5.74) is 0.534. The highest BCUT2D eigenvalue weighted by Gasteiger charge is 2.40. The van der Waals surface area contributed by atoms with Gasteiger partial charge >= 0.3 is 5.97 Å². The number of rotatable bonds is 3. The fraction of sp³-hybridized carbons (Fsp3) is 0.312. The molecule has 6 heteroatoms. The molecule has 22 heavy (non-hydrogen) atoms. The van der Waals surface area contributed by atoms with Crippen LogP contribution in [-0.4, -0.2) is 46.9 Å². The lowest BCUT2D eigenvalue weighted by atomic mass is 10.1. The molecule has 2 atom stereocenters. The molecule has 0 N–H and O–H groups in total. The molecule has 2 heterocycles. The van der Waals surface area contributed by atoms with Crippen LogP contribution in [0.4, 0.5) is 0 Å². The molecule has 2 bridgehead atoms. The third kappa shape index (κ3) is 1.95. The van der Waals surface area contributed by atoms with Crippen molar-refractivity contribution in [3.8, 4) is 0 Å². The van der Waals surface area contributed by atoms with Crippen molar-refractivity contribution in [2.24, 2.45) is 5.92 Å². The molecule has 0 radical (unpaired) electrons. The molecule has 0 aromatic heterocycles. The van der Waals surface area contributed by atoms with Gasteiger partial charge in [-0.1, -0.05) is 29.3 Å². The lowest BCUT2D eigenvalue weighted by molar-refractivity contribution is -0.169. The van der Waals surface area contributed by atoms with E-state index in [0.29, 0.717) is 11.0 Å². The van der Waals surface area contributed by atoms with Crippen LogP contribution in [0.25, 0.3) is 0 Å².